The number of carbonyl (C=O) groups is 1. The summed E-state index contributed by atoms with van der Waals surface area (Å²) in [4.78, 5) is 11.7. The van der Waals surface area contributed by atoms with Crippen molar-refractivity contribution in [3.05, 3.63) is 0 Å². The van der Waals surface area contributed by atoms with Gasteiger partial charge >= 0.3 is 0 Å². The Hall–Kier alpha value is -0.610. The Balaban J connectivity index is 1.51. The summed E-state index contributed by atoms with van der Waals surface area (Å²) in [6.07, 6.45) is 5.01. The van der Waals surface area contributed by atoms with Crippen LogP contribution >= 0.6 is 0 Å². The minimum Gasteiger partial charge on any atom is -0.376 e. The molecular formula is C13H24N2O2. The normalized spacial score (nSPS) is 23.4. The van der Waals surface area contributed by atoms with Crippen molar-refractivity contribution in [1.29, 1.82) is 0 Å². The van der Waals surface area contributed by atoms with Gasteiger partial charge in [0.05, 0.1) is 12.7 Å². The van der Waals surface area contributed by atoms with E-state index in [4.69, 9.17) is 4.74 Å². The Morgan fingerprint density at radius 2 is 2.06 bits per heavy atom. The lowest BCUT2D eigenvalue weighted by atomic mass is 10.1. The predicted octanol–water partition coefficient (Wildman–Crippen LogP) is 0.917. The maximum atomic E-state index is 11.7. The van der Waals surface area contributed by atoms with Gasteiger partial charge in [0, 0.05) is 12.5 Å². The van der Waals surface area contributed by atoms with Crippen LogP contribution in [0.4, 0.5) is 0 Å². The Labute approximate surface area is 103 Å². The molecule has 0 bridgehead atoms. The molecule has 1 aliphatic heterocycles. The van der Waals surface area contributed by atoms with Crippen LogP contribution in [0.25, 0.3) is 0 Å². The average Bonchev–Trinajstić information content (AvgIpc) is 3.19. The van der Waals surface area contributed by atoms with E-state index in [9.17, 15) is 4.79 Å². The average molecular weight is 240 g/mol. The maximum Gasteiger partial charge on any atom is 0.223 e. The number of rotatable bonds is 6. The van der Waals surface area contributed by atoms with Gasteiger partial charge in [-0.05, 0) is 44.7 Å². The highest BCUT2D eigenvalue weighted by Crippen LogP contribution is 2.36. The lowest BCUT2D eigenvalue weighted by molar-refractivity contribution is -0.125. The summed E-state index contributed by atoms with van der Waals surface area (Å²) in [5.41, 5.74) is 0. The molecule has 1 amide bonds. The van der Waals surface area contributed by atoms with E-state index in [1.54, 1.807) is 0 Å². The van der Waals surface area contributed by atoms with Crippen LogP contribution in [0.3, 0.4) is 0 Å². The molecule has 4 heteroatoms. The van der Waals surface area contributed by atoms with Crippen LogP contribution in [-0.4, -0.2) is 38.3 Å². The van der Waals surface area contributed by atoms with Crippen LogP contribution in [0, 0.1) is 11.8 Å². The fraction of sp³-hybridized carbons (Fsp3) is 0.923. The largest absolute Gasteiger partial charge is 0.376 e. The first-order valence-electron chi connectivity index (χ1n) is 6.87. The molecule has 2 fully saturated rings. The SMILES string of the molecule is CC(C(=O)NCCOC1CCNCC1)C1CC1. The lowest BCUT2D eigenvalue weighted by Crippen LogP contribution is -2.36. The Kier molecular flexibility index (Phi) is 4.80. The monoisotopic (exact) mass is 240 g/mol. The molecule has 2 aliphatic rings. The van der Waals surface area contributed by atoms with E-state index in [-0.39, 0.29) is 11.8 Å². The van der Waals surface area contributed by atoms with Crippen molar-refractivity contribution in [2.75, 3.05) is 26.2 Å². The van der Waals surface area contributed by atoms with Crippen LogP contribution in [0.15, 0.2) is 0 Å². The smallest absolute Gasteiger partial charge is 0.223 e. The van der Waals surface area contributed by atoms with E-state index in [0.717, 1.165) is 25.9 Å². The first-order valence-corrected chi connectivity index (χ1v) is 6.87. The van der Waals surface area contributed by atoms with E-state index in [1.165, 1.54) is 12.8 Å². The van der Waals surface area contributed by atoms with Crippen LogP contribution in [0.1, 0.15) is 32.6 Å². The number of piperidine rings is 1. The summed E-state index contributed by atoms with van der Waals surface area (Å²) in [6.45, 7) is 5.43. The van der Waals surface area contributed by atoms with Crippen molar-refractivity contribution in [1.82, 2.24) is 10.6 Å². The standard InChI is InChI=1S/C13H24N2O2/c1-10(11-2-3-11)13(16)15-8-9-17-12-4-6-14-7-5-12/h10-12,14H,2-9H2,1H3,(H,15,16). The minimum absolute atomic E-state index is 0.189. The molecule has 1 saturated carbocycles. The third-order valence-corrected chi connectivity index (χ3v) is 3.78. The predicted molar refractivity (Wildman–Crippen MR) is 66.7 cm³/mol. The molecule has 0 radical (unpaired) electrons. The van der Waals surface area contributed by atoms with Crippen LogP contribution < -0.4 is 10.6 Å². The van der Waals surface area contributed by atoms with Crippen molar-refractivity contribution in [3.63, 3.8) is 0 Å². The molecule has 17 heavy (non-hydrogen) atoms. The first kappa shape index (κ1) is 12.8. The fourth-order valence-corrected chi connectivity index (χ4v) is 2.33. The molecule has 1 unspecified atom stereocenters. The summed E-state index contributed by atoms with van der Waals surface area (Å²) in [7, 11) is 0. The molecule has 4 nitrogen and oxygen atoms in total. The summed E-state index contributed by atoms with van der Waals surface area (Å²) in [6, 6.07) is 0. The molecule has 2 rings (SSSR count). The zero-order valence-electron chi connectivity index (χ0n) is 10.7. The molecule has 98 valence electrons. The molecule has 0 aromatic carbocycles. The molecule has 0 aromatic rings. The second kappa shape index (κ2) is 6.36. The summed E-state index contributed by atoms with van der Waals surface area (Å²) < 4.78 is 5.73. The molecule has 1 aliphatic carbocycles. The zero-order chi connectivity index (χ0) is 12.1. The number of ether oxygens (including phenoxy) is 1. The van der Waals surface area contributed by atoms with E-state index in [1.807, 2.05) is 6.92 Å². The van der Waals surface area contributed by atoms with Gasteiger partial charge in [-0.2, -0.15) is 0 Å². The Morgan fingerprint density at radius 1 is 1.35 bits per heavy atom. The molecular weight excluding hydrogens is 216 g/mol. The number of amides is 1. The van der Waals surface area contributed by atoms with Crippen LogP contribution in [0.5, 0.6) is 0 Å². The minimum atomic E-state index is 0.189. The summed E-state index contributed by atoms with van der Waals surface area (Å²) in [5.74, 6) is 1.02. The molecule has 0 spiro atoms. The van der Waals surface area contributed by atoms with Gasteiger partial charge in [-0.1, -0.05) is 6.92 Å². The highest BCUT2D eigenvalue weighted by atomic mass is 16.5. The third-order valence-electron chi connectivity index (χ3n) is 3.78. The van der Waals surface area contributed by atoms with Gasteiger partial charge in [-0.3, -0.25) is 4.79 Å². The van der Waals surface area contributed by atoms with Gasteiger partial charge < -0.3 is 15.4 Å². The van der Waals surface area contributed by atoms with Crippen molar-refractivity contribution < 1.29 is 9.53 Å². The fourth-order valence-electron chi connectivity index (χ4n) is 2.33. The number of nitrogens with one attached hydrogen (secondary N) is 2. The van der Waals surface area contributed by atoms with Gasteiger partial charge in [0.1, 0.15) is 0 Å². The molecule has 1 heterocycles. The molecule has 1 atom stereocenters. The highest BCUT2D eigenvalue weighted by molar-refractivity contribution is 5.78. The van der Waals surface area contributed by atoms with Crippen molar-refractivity contribution in [3.8, 4) is 0 Å². The van der Waals surface area contributed by atoms with Gasteiger partial charge in [0.2, 0.25) is 5.91 Å². The second-order valence-electron chi connectivity index (χ2n) is 5.24. The van der Waals surface area contributed by atoms with Crippen molar-refractivity contribution >= 4 is 5.91 Å². The topological polar surface area (TPSA) is 50.4 Å². The molecule has 1 saturated heterocycles. The number of hydrogen-bond donors (Lipinski definition) is 2. The van der Waals surface area contributed by atoms with Crippen molar-refractivity contribution in [2.24, 2.45) is 11.8 Å². The third kappa shape index (κ3) is 4.28. The Morgan fingerprint density at radius 3 is 2.71 bits per heavy atom. The van der Waals surface area contributed by atoms with E-state index >= 15 is 0 Å². The zero-order valence-corrected chi connectivity index (χ0v) is 10.7. The summed E-state index contributed by atoms with van der Waals surface area (Å²) in [5, 5.41) is 6.27. The van der Waals surface area contributed by atoms with Gasteiger partial charge in [-0.15, -0.1) is 0 Å². The van der Waals surface area contributed by atoms with Crippen LogP contribution in [-0.2, 0) is 9.53 Å². The first-order chi connectivity index (χ1) is 8.27. The molecule has 2 N–H and O–H groups in total. The number of carbonyl (C=O) groups excluding carboxylic acids is 1. The van der Waals surface area contributed by atoms with E-state index < -0.39 is 0 Å². The van der Waals surface area contributed by atoms with Gasteiger partial charge in [0.15, 0.2) is 0 Å². The van der Waals surface area contributed by atoms with Gasteiger partial charge in [-0.25, -0.2) is 0 Å². The Bertz CT molecular complexity index is 248. The van der Waals surface area contributed by atoms with Gasteiger partial charge in [0.25, 0.3) is 0 Å². The van der Waals surface area contributed by atoms with Crippen molar-refractivity contribution in [2.45, 2.75) is 38.7 Å². The van der Waals surface area contributed by atoms with Crippen LogP contribution in [0.2, 0.25) is 0 Å². The molecule has 0 aromatic heterocycles. The highest BCUT2D eigenvalue weighted by Gasteiger charge is 2.32. The maximum absolute atomic E-state index is 11.7. The summed E-state index contributed by atoms with van der Waals surface area (Å²) >= 11 is 0. The number of hydrogen-bond acceptors (Lipinski definition) is 3. The quantitative estimate of drug-likeness (QED) is 0.679. The second-order valence-corrected chi connectivity index (χ2v) is 5.24. The van der Waals surface area contributed by atoms with E-state index in [2.05, 4.69) is 10.6 Å². The van der Waals surface area contributed by atoms with E-state index in [0.29, 0.717) is 25.2 Å². The lowest BCUT2D eigenvalue weighted by Gasteiger charge is -2.23.